The highest BCUT2D eigenvalue weighted by Crippen LogP contribution is 2.33. The van der Waals surface area contributed by atoms with Crippen LogP contribution in [0.2, 0.25) is 10.0 Å². The van der Waals surface area contributed by atoms with Crippen LogP contribution in [0.1, 0.15) is 11.1 Å². The first-order chi connectivity index (χ1) is 10.6. The van der Waals surface area contributed by atoms with E-state index in [1.165, 1.54) is 5.56 Å². The summed E-state index contributed by atoms with van der Waals surface area (Å²) in [6.45, 7) is 3.02. The van der Waals surface area contributed by atoms with Crippen molar-refractivity contribution in [3.05, 3.63) is 57.6 Å². The Bertz CT molecular complexity index is 731. The van der Waals surface area contributed by atoms with Gasteiger partial charge >= 0.3 is 0 Å². The summed E-state index contributed by atoms with van der Waals surface area (Å²) >= 11 is 12.4. The van der Waals surface area contributed by atoms with Gasteiger partial charge in [0.2, 0.25) is 5.91 Å². The number of hydrogen-bond acceptors (Lipinski definition) is 2. The Balaban J connectivity index is 1.74. The van der Waals surface area contributed by atoms with Gasteiger partial charge in [0.15, 0.2) is 0 Å². The number of amides is 1. The summed E-state index contributed by atoms with van der Waals surface area (Å²) in [6.07, 6.45) is 0.968. The second-order valence-corrected chi connectivity index (χ2v) is 6.19. The predicted octanol–water partition coefficient (Wildman–Crippen LogP) is 4.30. The summed E-state index contributed by atoms with van der Waals surface area (Å²) in [5.41, 5.74) is 3.77. The first-order valence-electron chi connectivity index (χ1n) is 7.13. The van der Waals surface area contributed by atoms with Crippen LogP contribution in [-0.4, -0.2) is 19.0 Å². The molecular weight excluding hydrogens is 319 g/mol. The summed E-state index contributed by atoms with van der Waals surface area (Å²) in [5.74, 6) is -0.119. The normalized spacial score (nSPS) is 13.1. The van der Waals surface area contributed by atoms with Gasteiger partial charge in [-0.25, -0.2) is 0 Å². The van der Waals surface area contributed by atoms with Gasteiger partial charge in [-0.2, -0.15) is 0 Å². The first kappa shape index (κ1) is 15.2. The lowest BCUT2D eigenvalue weighted by Crippen LogP contribution is -2.32. The number of aryl methyl sites for hydroxylation is 1. The van der Waals surface area contributed by atoms with Gasteiger partial charge in [0.25, 0.3) is 0 Å². The number of benzene rings is 2. The van der Waals surface area contributed by atoms with Crippen molar-refractivity contribution in [2.45, 2.75) is 13.3 Å². The van der Waals surface area contributed by atoms with Crippen molar-refractivity contribution in [3.8, 4) is 0 Å². The molecule has 1 aliphatic heterocycles. The molecule has 114 valence electrons. The molecule has 0 atom stereocenters. The molecule has 0 saturated heterocycles. The zero-order valence-corrected chi connectivity index (χ0v) is 13.7. The largest absolute Gasteiger partial charge is 0.362 e. The second-order valence-electron chi connectivity index (χ2n) is 5.40. The van der Waals surface area contributed by atoms with Gasteiger partial charge in [-0.15, -0.1) is 0 Å². The second kappa shape index (κ2) is 6.19. The molecule has 1 amide bonds. The number of rotatable bonds is 3. The topological polar surface area (TPSA) is 32.3 Å². The molecule has 0 bridgehead atoms. The maximum absolute atomic E-state index is 12.3. The van der Waals surface area contributed by atoms with Crippen LogP contribution in [0.4, 0.5) is 11.4 Å². The van der Waals surface area contributed by atoms with Crippen molar-refractivity contribution in [3.63, 3.8) is 0 Å². The molecule has 22 heavy (non-hydrogen) atoms. The maximum atomic E-state index is 12.3. The van der Waals surface area contributed by atoms with Crippen molar-refractivity contribution >= 4 is 40.5 Å². The van der Waals surface area contributed by atoms with Crippen molar-refractivity contribution in [2.75, 3.05) is 23.3 Å². The van der Waals surface area contributed by atoms with Gasteiger partial charge in [-0.1, -0.05) is 47.5 Å². The first-order valence-corrected chi connectivity index (χ1v) is 7.89. The van der Waals surface area contributed by atoms with Gasteiger partial charge < -0.3 is 10.2 Å². The highest BCUT2D eigenvalue weighted by Gasteiger charge is 2.21. The molecule has 0 radical (unpaired) electrons. The quantitative estimate of drug-likeness (QED) is 0.907. The lowest BCUT2D eigenvalue weighted by molar-refractivity contribution is -0.115. The number of carbonyl (C=O) groups excluding carboxylic acids is 1. The number of carbonyl (C=O) groups is 1. The standard InChI is InChI=1S/C17H16Cl2N2O/c1-11-6-7-13(18)17(16(11)19)20-15(22)10-21-9-8-12-4-2-3-5-14(12)21/h2-7H,8-10H2,1H3,(H,20,22). The minimum Gasteiger partial charge on any atom is -0.362 e. The van der Waals surface area contributed by atoms with E-state index < -0.39 is 0 Å². The molecule has 2 aromatic rings. The molecule has 0 spiro atoms. The third-order valence-electron chi connectivity index (χ3n) is 3.87. The van der Waals surface area contributed by atoms with Crippen LogP contribution in [0.5, 0.6) is 0 Å². The van der Waals surface area contributed by atoms with Crippen LogP contribution >= 0.6 is 23.2 Å². The van der Waals surface area contributed by atoms with E-state index in [9.17, 15) is 4.79 Å². The third-order valence-corrected chi connectivity index (χ3v) is 4.67. The third kappa shape index (κ3) is 2.92. The van der Waals surface area contributed by atoms with Crippen molar-refractivity contribution in [2.24, 2.45) is 0 Å². The molecule has 3 rings (SSSR count). The summed E-state index contributed by atoms with van der Waals surface area (Å²) < 4.78 is 0. The van der Waals surface area contributed by atoms with Crippen molar-refractivity contribution in [1.82, 2.24) is 0 Å². The number of hydrogen-bond donors (Lipinski definition) is 1. The van der Waals surface area contributed by atoms with Crippen LogP contribution in [0, 0.1) is 6.92 Å². The Labute approximate surface area is 139 Å². The Hall–Kier alpha value is -1.71. The number of halogens is 2. The van der Waals surface area contributed by atoms with Gasteiger partial charge in [-0.3, -0.25) is 4.79 Å². The van der Waals surface area contributed by atoms with E-state index in [-0.39, 0.29) is 12.5 Å². The summed E-state index contributed by atoms with van der Waals surface area (Å²) in [5, 5.41) is 3.77. The zero-order valence-electron chi connectivity index (χ0n) is 12.2. The molecule has 0 saturated carbocycles. The molecule has 2 aromatic carbocycles. The molecule has 1 N–H and O–H groups in total. The van der Waals surface area contributed by atoms with Crippen molar-refractivity contribution < 1.29 is 4.79 Å². The van der Waals surface area contributed by atoms with Crippen LogP contribution in [0.15, 0.2) is 36.4 Å². The lowest BCUT2D eigenvalue weighted by Gasteiger charge is -2.19. The highest BCUT2D eigenvalue weighted by molar-refractivity contribution is 6.40. The number of nitrogens with one attached hydrogen (secondary N) is 1. The smallest absolute Gasteiger partial charge is 0.243 e. The molecule has 0 aliphatic carbocycles. The maximum Gasteiger partial charge on any atom is 0.243 e. The van der Waals surface area contributed by atoms with Gasteiger partial charge in [0, 0.05) is 12.2 Å². The molecule has 5 heteroatoms. The molecule has 3 nitrogen and oxygen atoms in total. The van der Waals surface area contributed by atoms with Crippen LogP contribution in [0.25, 0.3) is 0 Å². The Morgan fingerprint density at radius 3 is 2.82 bits per heavy atom. The van der Waals surface area contributed by atoms with E-state index >= 15 is 0 Å². The molecule has 1 heterocycles. The molecular formula is C17H16Cl2N2O. The average Bonchev–Trinajstić information content (AvgIpc) is 2.91. The SMILES string of the molecule is Cc1ccc(Cl)c(NC(=O)CN2CCc3ccccc32)c1Cl. The van der Waals surface area contributed by atoms with E-state index in [4.69, 9.17) is 23.2 Å². The number of nitrogens with zero attached hydrogens (tertiary/aromatic N) is 1. The Kier molecular flexibility index (Phi) is 4.27. The fourth-order valence-electron chi connectivity index (χ4n) is 2.69. The van der Waals surface area contributed by atoms with Crippen molar-refractivity contribution in [1.29, 1.82) is 0 Å². The molecule has 0 aromatic heterocycles. The highest BCUT2D eigenvalue weighted by atomic mass is 35.5. The minimum absolute atomic E-state index is 0.119. The van der Waals surface area contributed by atoms with Gasteiger partial charge in [0.05, 0.1) is 22.3 Å². The lowest BCUT2D eigenvalue weighted by atomic mass is 10.2. The monoisotopic (exact) mass is 334 g/mol. The molecule has 0 unspecified atom stereocenters. The Morgan fingerprint density at radius 2 is 2.00 bits per heavy atom. The summed E-state index contributed by atoms with van der Waals surface area (Å²) in [4.78, 5) is 14.4. The number of anilines is 2. The van der Waals surface area contributed by atoms with Gasteiger partial charge in [0.1, 0.15) is 0 Å². The molecule has 0 fully saturated rings. The fourth-order valence-corrected chi connectivity index (χ4v) is 3.16. The molecule has 1 aliphatic rings. The zero-order chi connectivity index (χ0) is 15.7. The summed E-state index contributed by atoms with van der Waals surface area (Å²) in [7, 11) is 0. The number of fused-ring (bicyclic) bond motifs is 1. The minimum atomic E-state index is -0.119. The average molecular weight is 335 g/mol. The van der Waals surface area contributed by atoms with Gasteiger partial charge in [-0.05, 0) is 36.6 Å². The van der Waals surface area contributed by atoms with Crippen LogP contribution in [-0.2, 0) is 11.2 Å². The predicted molar refractivity (Wildman–Crippen MR) is 92.2 cm³/mol. The van der Waals surface area contributed by atoms with E-state index in [1.807, 2.05) is 31.2 Å². The van der Waals surface area contributed by atoms with E-state index in [2.05, 4.69) is 16.3 Å². The van der Waals surface area contributed by atoms with Crippen LogP contribution in [0.3, 0.4) is 0 Å². The van der Waals surface area contributed by atoms with E-state index in [0.717, 1.165) is 24.2 Å². The van der Waals surface area contributed by atoms with E-state index in [0.29, 0.717) is 15.7 Å². The van der Waals surface area contributed by atoms with E-state index in [1.54, 1.807) is 6.07 Å². The summed E-state index contributed by atoms with van der Waals surface area (Å²) in [6, 6.07) is 11.7. The number of para-hydroxylation sites is 1. The fraction of sp³-hybridized carbons (Fsp3) is 0.235. The van der Waals surface area contributed by atoms with Crippen LogP contribution < -0.4 is 10.2 Å². The Morgan fingerprint density at radius 1 is 1.23 bits per heavy atom.